The molecule has 3 heteroatoms. The van der Waals surface area contributed by atoms with E-state index in [0.717, 1.165) is 11.6 Å². The Morgan fingerprint density at radius 1 is 1.21 bits per heavy atom. The second kappa shape index (κ2) is 11.6. The lowest BCUT2D eigenvalue weighted by molar-refractivity contribution is 0.531. The van der Waals surface area contributed by atoms with Crippen LogP contribution >= 0.6 is 0 Å². The highest BCUT2D eigenvalue weighted by Crippen LogP contribution is 2.14. The Hall–Kier alpha value is -1.51. The van der Waals surface area contributed by atoms with Gasteiger partial charge in [0.2, 0.25) is 0 Å². The van der Waals surface area contributed by atoms with Crippen LogP contribution in [0.5, 0.6) is 0 Å². The van der Waals surface area contributed by atoms with Crippen molar-refractivity contribution in [2.45, 2.75) is 54.5 Å². The van der Waals surface area contributed by atoms with Gasteiger partial charge in [-0.3, -0.25) is 4.68 Å². The molecule has 0 aromatic carbocycles. The van der Waals surface area contributed by atoms with Crippen LogP contribution in [0.15, 0.2) is 24.9 Å². The molecule has 1 aromatic rings. The van der Waals surface area contributed by atoms with Crippen LogP contribution in [0.1, 0.15) is 60.2 Å². The van der Waals surface area contributed by atoms with Gasteiger partial charge in [-0.15, -0.1) is 0 Å². The van der Waals surface area contributed by atoms with Gasteiger partial charge in [0.05, 0.1) is 5.69 Å². The Bertz CT molecular complexity index is 357. The van der Waals surface area contributed by atoms with Crippen LogP contribution in [0.2, 0.25) is 0 Å². The van der Waals surface area contributed by atoms with Crippen molar-refractivity contribution in [1.29, 1.82) is 0 Å². The van der Waals surface area contributed by atoms with E-state index in [4.69, 9.17) is 5.73 Å². The van der Waals surface area contributed by atoms with Gasteiger partial charge in [-0.25, -0.2) is 0 Å². The van der Waals surface area contributed by atoms with E-state index in [1.807, 2.05) is 36.9 Å². The van der Waals surface area contributed by atoms with Crippen LogP contribution in [-0.4, -0.2) is 9.78 Å². The largest absolute Gasteiger partial charge is 0.396 e. The second-order valence-electron chi connectivity index (χ2n) is 4.87. The molecule has 1 aromatic heterocycles. The van der Waals surface area contributed by atoms with Crippen LogP contribution in [0.25, 0.3) is 6.08 Å². The van der Waals surface area contributed by atoms with Crippen LogP contribution in [0, 0.1) is 5.92 Å². The molecule has 0 aliphatic carbocycles. The number of hydrogen-bond donors (Lipinski definition) is 1. The third-order valence-corrected chi connectivity index (χ3v) is 1.71. The average molecular weight is 265 g/mol. The molecule has 0 aliphatic heterocycles. The Morgan fingerprint density at radius 3 is 2.00 bits per heavy atom. The molecule has 0 spiro atoms. The van der Waals surface area contributed by atoms with Crippen molar-refractivity contribution in [1.82, 2.24) is 9.78 Å². The third kappa shape index (κ3) is 10.1. The van der Waals surface area contributed by atoms with Crippen molar-refractivity contribution in [3.8, 4) is 0 Å². The minimum absolute atomic E-state index is 0.341. The van der Waals surface area contributed by atoms with Crippen molar-refractivity contribution >= 4 is 11.8 Å². The van der Waals surface area contributed by atoms with Gasteiger partial charge in [-0.1, -0.05) is 53.3 Å². The maximum atomic E-state index is 5.75. The lowest BCUT2D eigenvalue weighted by atomic mass is 10.3. The summed E-state index contributed by atoms with van der Waals surface area (Å²) in [5, 5.41) is 4.30. The van der Waals surface area contributed by atoms with Gasteiger partial charge in [0.25, 0.3) is 0 Å². The summed E-state index contributed by atoms with van der Waals surface area (Å²) in [7, 11) is 0. The molecule has 1 heterocycles. The molecule has 0 fully saturated rings. The summed E-state index contributed by atoms with van der Waals surface area (Å²) in [6.45, 7) is 18.2. The van der Waals surface area contributed by atoms with Crippen molar-refractivity contribution < 1.29 is 0 Å². The molecule has 3 nitrogen and oxygen atoms in total. The summed E-state index contributed by atoms with van der Waals surface area (Å²) in [4.78, 5) is 0. The zero-order valence-electron chi connectivity index (χ0n) is 13.6. The van der Waals surface area contributed by atoms with Crippen LogP contribution in [-0.2, 0) is 0 Å². The Kier molecular flexibility index (Phi) is 12.1. The van der Waals surface area contributed by atoms with Gasteiger partial charge in [0, 0.05) is 12.2 Å². The molecule has 0 unspecified atom stereocenters. The summed E-state index contributed by atoms with van der Waals surface area (Å²) in [6, 6.07) is 0.341. The molecule has 0 atom stereocenters. The van der Waals surface area contributed by atoms with Crippen molar-refractivity contribution in [2.24, 2.45) is 5.92 Å². The van der Waals surface area contributed by atoms with Gasteiger partial charge in [-0.2, -0.15) is 5.10 Å². The molecule has 0 amide bonds. The molecule has 2 N–H and O–H groups in total. The highest BCUT2D eigenvalue weighted by Gasteiger charge is 2.04. The van der Waals surface area contributed by atoms with Crippen molar-refractivity contribution in [3.05, 3.63) is 30.6 Å². The third-order valence-electron chi connectivity index (χ3n) is 1.71. The van der Waals surface area contributed by atoms with Crippen LogP contribution in [0.3, 0.4) is 0 Å². The number of nitrogens with two attached hydrogens (primary N) is 1. The average Bonchev–Trinajstić information content (AvgIpc) is 2.70. The van der Waals surface area contributed by atoms with E-state index in [9.17, 15) is 0 Å². The summed E-state index contributed by atoms with van der Waals surface area (Å²) >= 11 is 0. The monoisotopic (exact) mass is 265 g/mol. The lowest BCUT2D eigenvalue weighted by Crippen LogP contribution is -2.00. The van der Waals surface area contributed by atoms with Crippen molar-refractivity contribution in [2.75, 3.05) is 5.73 Å². The number of aromatic nitrogens is 2. The van der Waals surface area contributed by atoms with Crippen molar-refractivity contribution in [3.63, 3.8) is 0 Å². The van der Waals surface area contributed by atoms with Gasteiger partial charge in [0.1, 0.15) is 5.69 Å². The van der Waals surface area contributed by atoms with Crippen LogP contribution < -0.4 is 5.73 Å². The zero-order chi connectivity index (χ0) is 15.4. The summed E-state index contributed by atoms with van der Waals surface area (Å²) in [5.74, 6) is 0.833. The van der Waals surface area contributed by atoms with Gasteiger partial charge in [0.15, 0.2) is 0 Å². The number of hydrogen-bond acceptors (Lipinski definition) is 2. The molecule has 1 rings (SSSR count). The maximum Gasteiger partial charge on any atom is 0.108 e. The minimum Gasteiger partial charge on any atom is -0.396 e. The molecule has 0 saturated heterocycles. The number of rotatable bonds is 3. The van der Waals surface area contributed by atoms with Gasteiger partial charge in [-0.05, 0) is 25.8 Å². The van der Waals surface area contributed by atoms with E-state index in [1.54, 1.807) is 6.08 Å². The predicted molar refractivity (Wildman–Crippen MR) is 88.1 cm³/mol. The summed E-state index contributed by atoms with van der Waals surface area (Å²) in [5.41, 5.74) is 7.25. The summed E-state index contributed by atoms with van der Waals surface area (Å²) < 4.78 is 1.85. The fraction of sp³-hybridized carbons (Fsp3) is 0.562. The van der Waals surface area contributed by atoms with E-state index in [-0.39, 0.29) is 0 Å². The number of allylic oxidation sites excluding steroid dienone is 2. The standard InChI is InChI=1S/C10H15N3.C4H10.C2H6/c1-4-5-6-10-9(11)7-13(12-10)8(2)3;1-4(2)3;1-2/h4-8H,1,11H2,2-3H3;4H,1-3H3;1-2H3/b6-5-;;. The summed E-state index contributed by atoms with van der Waals surface area (Å²) in [6.07, 6.45) is 7.21. The Morgan fingerprint density at radius 2 is 1.68 bits per heavy atom. The fourth-order valence-electron chi connectivity index (χ4n) is 0.973. The normalized spacial score (nSPS) is 9.95. The lowest BCUT2D eigenvalue weighted by Gasteiger charge is -2.02. The predicted octanol–water partition coefficient (Wildman–Crippen LogP) is 4.93. The van der Waals surface area contributed by atoms with E-state index < -0.39 is 0 Å². The first kappa shape index (κ1) is 19.8. The first-order valence-corrected chi connectivity index (χ1v) is 7.02. The molecular weight excluding hydrogens is 234 g/mol. The molecule has 0 aliphatic rings. The van der Waals surface area contributed by atoms with E-state index in [0.29, 0.717) is 11.7 Å². The Labute approximate surface area is 119 Å². The fourth-order valence-corrected chi connectivity index (χ4v) is 0.973. The Balaban J connectivity index is 0. The number of anilines is 1. The molecule has 110 valence electrons. The highest BCUT2D eigenvalue weighted by atomic mass is 15.3. The molecule has 0 bridgehead atoms. The highest BCUT2D eigenvalue weighted by molar-refractivity contribution is 5.60. The minimum atomic E-state index is 0.341. The van der Waals surface area contributed by atoms with E-state index in [1.165, 1.54) is 0 Å². The molecule has 0 radical (unpaired) electrons. The topological polar surface area (TPSA) is 43.8 Å². The quantitative estimate of drug-likeness (QED) is 0.787. The smallest absolute Gasteiger partial charge is 0.108 e. The van der Waals surface area contributed by atoms with Crippen LogP contribution in [0.4, 0.5) is 5.69 Å². The molecule has 19 heavy (non-hydrogen) atoms. The molecule has 0 saturated carbocycles. The van der Waals surface area contributed by atoms with E-state index in [2.05, 4.69) is 46.3 Å². The first-order valence-electron chi connectivity index (χ1n) is 7.02. The van der Waals surface area contributed by atoms with Gasteiger partial charge < -0.3 is 5.73 Å². The molecular formula is C16H31N3. The number of nitrogen functional groups attached to an aromatic ring is 1. The zero-order valence-corrected chi connectivity index (χ0v) is 13.6. The second-order valence-corrected chi connectivity index (χ2v) is 4.87. The SMILES string of the molecule is C=C/C=C\c1nn(C(C)C)cc1N.CC.CC(C)C. The first-order chi connectivity index (χ1) is 8.88. The number of nitrogens with zero attached hydrogens (tertiary/aromatic N) is 2. The maximum absolute atomic E-state index is 5.75. The van der Waals surface area contributed by atoms with Gasteiger partial charge >= 0.3 is 0 Å². The van der Waals surface area contributed by atoms with E-state index >= 15 is 0 Å².